The zero-order valence-electron chi connectivity index (χ0n) is 15.5. The van der Waals surface area contributed by atoms with Crippen LogP contribution in [0.5, 0.6) is 0 Å². The van der Waals surface area contributed by atoms with Gasteiger partial charge in [-0.3, -0.25) is 4.79 Å². The highest BCUT2D eigenvalue weighted by atomic mass is 32.2. The predicted octanol–water partition coefficient (Wildman–Crippen LogP) is 3.17. The quantitative estimate of drug-likeness (QED) is 0.807. The zero-order chi connectivity index (χ0) is 19.7. The van der Waals surface area contributed by atoms with Crippen LogP contribution < -0.4 is 5.32 Å². The number of carbonyl (C=O) groups excluding carboxylic acids is 1. The molecule has 1 saturated carbocycles. The van der Waals surface area contributed by atoms with E-state index in [-0.39, 0.29) is 17.3 Å². The first-order valence-electron chi connectivity index (χ1n) is 9.59. The van der Waals surface area contributed by atoms with Gasteiger partial charge < -0.3 is 5.32 Å². The van der Waals surface area contributed by atoms with E-state index in [2.05, 4.69) is 17.4 Å². The van der Waals surface area contributed by atoms with Crippen LogP contribution in [0.15, 0.2) is 53.4 Å². The molecule has 148 valence electrons. The maximum atomic E-state index is 13.1. The third-order valence-electron chi connectivity index (χ3n) is 5.39. The standard InChI is InChI=1S/C21H23FN2O3S/c22-18-8-10-19(11-9-18)28(26,27)24-12-2-5-20(24)21(25)23-14-15-3-1-4-17(13-15)16-6-7-16/h1,3-4,8-11,13,16,20H,2,5-7,12,14H2,(H,23,25). The molecule has 1 unspecified atom stereocenters. The van der Waals surface area contributed by atoms with Crippen molar-refractivity contribution in [2.24, 2.45) is 0 Å². The van der Waals surface area contributed by atoms with E-state index in [0.29, 0.717) is 25.3 Å². The molecule has 2 aliphatic rings. The summed E-state index contributed by atoms with van der Waals surface area (Å²) in [6.07, 6.45) is 3.53. The molecule has 1 atom stereocenters. The van der Waals surface area contributed by atoms with Crippen molar-refractivity contribution in [3.8, 4) is 0 Å². The number of carbonyl (C=O) groups is 1. The summed E-state index contributed by atoms with van der Waals surface area (Å²) >= 11 is 0. The molecular formula is C21H23FN2O3S. The highest BCUT2D eigenvalue weighted by Crippen LogP contribution is 2.40. The molecule has 2 fully saturated rings. The summed E-state index contributed by atoms with van der Waals surface area (Å²) in [6, 6.07) is 12.2. The third-order valence-corrected chi connectivity index (χ3v) is 7.32. The lowest BCUT2D eigenvalue weighted by Crippen LogP contribution is -2.45. The number of amides is 1. The molecule has 0 radical (unpaired) electrons. The Morgan fingerprint density at radius 2 is 1.86 bits per heavy atom. The van der Waals surface area contributed by atoms with Crippen LogP contribution in [0, 0.1) is 5.82 Å². The average Bonchev–Trinajstić information content (AvgIpc) is 3.42. The van der Waals surface area contributed by atoms with Crippen LogP contribution in [-0.2, 0) is 21.4 Å². The van der Waals surface area contributed by atoms with Gasteiger partial charge in [0.25, 0.3) is 0 Å². The van der Waals surface area contributed by atoms with E-state index in [1.807, 2.05) is 12.1 Å². The van der Waals surface area contributed by atoms with Crippen molar-refractivity contribution in [2.45, 2.75) is 49.1 Å². The fourth-order valence-corrected chi connectivity index (χ4v) is 5.37. The molecule has 1 amide bonds. The molecule has 0 spiro atoms. The molecule has 1 N–H and O–H groups in total. The van der Waals surface area contributed by atoms with Crippen LogP contribution in [0.4, 0.5) is 4.39 Å². The monoisotopic (exact) mass is 402 g/mol. The Kier molecular flexibility index (Phi) is 5.21. The van der Waals surface area contributed by atoms with E-state index in [9.17, 15) is 17.6 Å². The summed E-state index contributed by atoms with van der Waals surface area (Å²) in [5.41, 5.74) is 2.32. The van der Waals surface area contributed by atoms with Crippen molar-refractivity contribution in [2.75, 3.05) is 6.54 Å². The maximum absolute atomic E-state index is 13.1. The lowest BCUT2D eigenvalue weighted by molar-refractivity contribution is -0.124. The number of benzene rings is 2. The SMILES string of the molecule is O=C(NCc1cccc(C2CC2)c1)C1CCCN1S(=O)(=O)c1ccc(F)cc1. The second-order valence-corrected chi connectivity index (χ2v) is 9.36. The summed E-state index contributed by atoms with van der Waals surface area (Å²) in [5.74, 6) is -0.148. The predicted molar refractivity (Wildman–Crippen MR) is 104 cm³/mol. The van der Waals surface area contributed by atoms with Crippen molar-refractivity contribution < 1.29 is 17.6 Å². The van der Waals surface area contributed by atoms with Crippen LogP contribution >= 0.6 is 0 Å². The molecule has 1 saturated heterocycles. The molecule has 5 nitrogen and oxygen atoms in total. The largest absolute Gasteiger partial charge is 0.351 e. The minimum atomic E-state index is -3.84. The molecule has 28 heavy (non-hydrogen) atoms. The molecule has 0 bridgehead atoms. The normalized spacial score (nSPS) is 20.2. The minimum Gasteiger partial charge on any atom is -0.351 e. The molecule has 4 rings (SSSR count). The first-order valence-corrected chi connectivity index (χ1v) is 11.0. The van der Waals surface area contributed by atoms with Gasteiger partial charge in [-0.1, -0.05) is 24.3 Å². The minimum absolute atomic E-state index is 0.00531. The van der Waals surface area contributed by atoms with Crippen molar-refractivity contribution in [1.82, 2.24) is 9.62 Å². The number of rotatable bonds is 6. The lowest BCUT2D eigenvalue weighted by Gasteiger charge is -2.23. The Bertz CT molecular complexity index is 971. The number of halogens is 1. The fourth-order valence-electron chi connectivity index (χ4n) is 3.71. The van der Waals surface area contributed by atoms with Crippen LogP contribution in [0.25, 0.3) is 0 Å². The maximum Gasteiger partial charge on any atom is 0.243 e. The van der Waals surface area contributed by atoms with Gasteiger partial charge in [-0.15, -0.1) is 0 Å². The van der Waals surface area contributed by atoms with E-state index in [0.717, 1.165) is 17.7 Å². The first-order chi connectivity index (χ1) is 13.4. The summed E-state index contributed by atoms with van der Waals surface area (Å²) in [7, 11) is -3.84. The number of sulfonamides is 1. The third kappa shape index (κ3) is 3.95. The second kappa shape index (κ2) is 7.64. The van der Waals surface area contributed by atoms with Gasteiger partial charge in [-0.2, -0.15) is 4.31 Å². The first kappa shape index (κ1) is 19.1. The van der Waals surface area contributed by atoms with Crippen molar-refractivity contribution in [1.29, 1.82) is 0 Å². The zero-order valence-corrected chi connectivity index (χ0v) is 16.3. The molecular weight excluding hydrogens is 379 g/mol. The van der Waals surface area contributed by atoms with Gasteiger partial charge in [-0.25, -0.2) is 12.8 Å². The summed E-state index contributed by atoms with van der Waals surface area (Å²) < 4.78 is 40.1. The van der Waals surface area contributed by atoms with Gasteiger partial charge >= 0.3 is 0 Å². The van der Waals surface area contributed by atoms with Crippen molar-refractivity contribution in [3.63, 3.8) is 0 Å². The van der Waals surface area contributed by atoms with E-state index >= 15 is 0 Å². The Morgan fingerprint density at radius 1 is 1.11 bits per heavy atom. The van der Waals surface area contributed by atoms with E-state index in [1.165, 1.54) is 34.8 Å². The highest BCUT2D eigenvalue weighted by molar-refractivity contribution is 7.89. The molecule has 2 aromatic rings. The molecule has 1 aliphatic heterocycles. The number of nitrogens with zero attached hydrogens (tertiary/aromatic N) is 1. The van der Waals surface area contributed by atoms with Crippen LogP contribution in [-0.4, -0.2) is 31.2 Å². The smallest absolute Gasteiger partial charge is 0.243 e. The van der Waals surface area contributed by atoms with E-state index < -0.39 is 21.9 Å². The summed E-state index contributed by atoms with van der Waals surface area (Å²) in [6.45, 7) is 0.662. The summed E-state index contributed by atoms with van der Waals surface area (Å²) in [4.78, 5) is 12.7. The Balaban J connectivity index is 1.44. The molecule has 1 aliphatic carbocycles. The Hall–Kier alpha value is -2.25. The molecule has 0 aromatic heterocycles. The van der Waals surface area contributed by atoms with Crippen LogP contribution in [0.2, 0.25) is 0 Å². The van der Waals surface area contributed by atoms with Gasteiger partial charge in [0.2, 0.25) is 15.9 Å². The van der Waals surface area contributed by atoms with Gasteiger partial charge in [0.15, 0.2) is 0 Å². The van der Waals surface area contributed by atoms with Crippen LogP contribution in [0.3, 0.4) is 0 Å². The number of hydrogen-bond donors (Lipinski definition) is 1. The molecule has 2 aromatic carbocycles. The van der Waals surface area contributed by atoms with Crippen molar-refractivity contribution >= 4 is 15.9 Å². The number of nitrogens with one attached hydrogen (secondary N) is 1. The average molecular weight is 402 g/mol. The number of hydrogen-bond acceptors (Lipinski definition) is 3. The Morgan fingerprint density at radius 3 is 2.57 bits per heavy atom. The van der Waals surface area contributed by atoms with Gasteiger partial charge in [0, 0.05) is 13.1 Å². The summed E-state index contributed by atoms with van der Waals surface area (Å²) in [5, 5.41) is 2.89. The highest BCUT2D eigenvalue weighted by Gasteiger charge is 2.39. The Labute approximate surface area is 164 Å². The van der Waals surface area contributed by atoms with Crippen molar-refractivity contribution in [3.05, 3.63) is 65.5 Å². The van der Waals surface area contributed by atoms with Crippen LogP contribution in [0.1, 0.15) is 42.7 Å². The van der Waals surface area contributed by atoms with Gasteiger partial charge in [0.1, 0.15) is 11.9 Å². The van der Waals surface area contributed by atoms with Gasteiger partial charge in [0.05, 0.1) is 4.90 Å². The lowest BCUT2D eigenvalue weighted by atomic mass is 10.1. The topological polar surface area (TPSA) is 66.5 Å². The molecule has 1 heterocycles. The molecule has 7 heteroatoms. The fraction of sp³-hybridized carbons (Fsp3) is 0.381. The van der Waals surface area contributed by atoms with E-state index in [4.69, 9.17) is 0 Å². The second-order valence-electron chi connectivity index (χ2n) is 7.46. The van der Waals surface area contributed by atoms with Gasteiger partial charge in [-0.05, 0) is 67.0 Å². The van der Waals surface area contributed by atoms with E-state index in [1.54, 1.807) is 0 Å².